The zero-order chi connectivity index (χ0) is 22.2. The minimum atomic E-state index is -3.67. The van der Waals surface area contributed by atoms with Crippen molar-refractivity contribution in [2.45, 2.75) is 5.92 Å². The van der Waals surface area contributed by atoms with Crippen LogP contribution in [0.25, 0.3) is 21.5 Å². The highest BCUT2D eigenvalue weighted by atomic mass is 32.1. The topological polar surface area (TPSA) is 104 Å². The number of halogens is 2. The molecule has 0 spiro atoms. The molecule has 0 saturated carbocycles. The van der Waals surface area contributed by atoms with Gasteiger partial charge in [0.25, 0.3) is 0 Å². The molecule has 0 amide bonds. The molecule has 0 radical (unpaired) electrons. The third kappa shape index (κ3) is 3.73. The molecule has 0 atom stereocenters. The van der Waals surface area contributed by atoms with Crippen molar-refractivity contribution in [3.8, 4) is 10.6 Å². The van der Waals surface area contributed by atoms with Gasteiger partial charge >= 0.3 is 11.9 Å². The van der Waals surface area contributed by atoms with Gasteiger partial charge < -0.3 is 5.11 Å². The third-order valence-electron chi connectivity index (χ3n) is 4.59. The van der Waals surface area contributed by atoms with Crippen LogP contribution in [0.1, 0.15) is 15.2 Å². The molecule has 3 aromatic heterocycles. The lowest BCUT2D eigenvalue weighted by Gasteiger charge is -2.19. The monoisotopic (exact) mass is 439 g/mol. The smallest absolute Gasteiger partial charge is 0.345 e. The fourth-order valence-electron chi connectivity index (χ4n) is 3.01. The van der Waals surface area contributed by atoms with Crippen molar-refractivity contribution in [2.75, 3.05) is 7.05 Å². The molecule has 0 aliphatic rings. The third-order valence-corrected chi connectivity index (χ3v) is 5.68. The lowest BCUT2D eigenvalue weighted by atomic mass is 10.0. The van der Waals surface area contributed by atoms with E-state index in [9.17, 15) is 4.79 Å². The quantitative estimate of drug-likeness (QED) is 0.370. The van der Waals surface area contributed by atoms with Crippen molar-refractivity contribution in [1.82, 2.24) is 14.8 Å². The van der Waals surface area contributed by atoms with E-state index in [2.05, 4.69) is 15.1 Å². The SMILES string of the molecule is C/N=c1/ccc(-c2ccc(C(=O)O)s2)nn1C(=N)C(F)(F)c1ccc2ncccc2c1. The summed E-state index contributed by atoms with van der Waals surface area (Å²) in [4.78, 5) is 19.8. The van der Waals surface area contributed by atoms with Crippen LogP contribution in [-0.2, 0) is 5.92 Å². The Labute approximate surface area is 178 Å². The lowest BCUT2D eigenvalue weighted by molar-refractivity contribution is 0.0692. The number of aromatic nitrogens is 3. The van der Waals surface area contributed by atoms with Crippen LogP contribution in [0.3, 0.4) is 0 Å². The Morgan fingerprint density at radius 3 is 2.71 bits per heavy atom. The summed E-state index contributed by atoms with van der Waals surface area (Å²) >= 11 is 0.962. The summed E-state index contributed by atoms with van der Waals surface area (Å²) in [6, 6.07) is 13.3. The Kier molecular flexibility index (Phi) is 5.15. The first-order valence-corrected chi connectivity index (χ1v) is 9.82. The molecule has 0 saturated heterocycles. The molecule has 0 bridgehead atoms. The highest BCUT2D eigenvalue weighted by molar-refractivity contribution is 7.17. The highest BCUT2D eigenvalue weighted by Crippen LogP contribution is 2.32. The number of benzene rings is 1. The van der Waals surface area contributed by atoms with Crippen LogP contribution in [0, 0.1) is 5.41 Å². The van der Waals surface area contributed by atoms with Gasteiger partial charge in [0.1, 0.15) is 10.6 Å². The number of hydrogen-bond acceptors (Lipinski definition) is 6. The van der Waals surface area contributed by atoms with Crippen LogP contribution >= 0.6 is 11.3 Å². The molecular formula is C21H15F2N5O2S. The zero-order valence-corrected chi connectivity index (χ0v) is 16.9. The Balaban J connectivity index is 1.79. The van der Waals surface area contributed by atoms with E-state index < -0.39 is 17.7 Å². The molecule has 1 aromatic carbocycles. The number of nitrogens with one attached hydrogen (secondary N) is 1. The van der Waals surface area contributed by atoms with Gasteiger partial charge in [-0.25, -0.2) is 4.79 Å². The molecule has 0 aliphatic heterocycles. The molecule has 4 aromatic rings. The Hall–Kier alpha value is -3.79. The highest BCUT2D eigenvalue weighted by Gasteiger charge is 2.39. The summed E-state index contributed by atoms with van der Waals surface area (Å²) in [6.45, 7) is 0. The molecule has 0 aliphatic carbocycles. The van der Waals surface area contributed by atoms with Crippen molar-refractivity contribution in [2.24, 2.45) is 4.99 Å². The predicted octanol–water partition coefficient (Wildman–Crippen LogP) is 4.01. The maximum atomic E-state index is 15.3. The first kappa shape index (κ1) is 20.5. The van der Waals surface area contributed by atoms with Crippen molar-refractivity contribution in [3.63, 3.8) is 0 Å². The first-order chi connectivity index (χ1) is 14.8. The van der Waals surface area contributed by atoms with E-state index in [4.69, 9.17) is 10.5 Å². The fourth-order valence-corrected chi connectivity index (χ4v) is 3.82. The van der Waals surface area contributed by atoms with Crippen LogP contribution in [0.2, 0.25) is 0 Å². The molecule has 2 N–H and O–H groups in total. The number of aromatic carboxylic acids is 1. The normalized spacial score (nSPS) is 12.3. The van der Waals surface area contributed by atoms with Crippen LogP contribution in [0.15, 0.2) is 65.8 Å². The van der Waals surface area contributed by atoms with Gasteiger partial charge in [0, 0.05) is 24.2 Å². The molecule has 7 nitrogen and oxygen atoms in total. The van der Waals surface area contributed by atoms with Crippen molar-refractivity contribution >= 4 is 34.0 Å². The van der Waals surface area contributed by atoms with Gasteiger partial charge in [-0.1, -0.05) is 12.1 Å². The van der Waals surface area contributed by atoms with Gasteiger partial charge in [-0.15, -0.1) is 11.3 Å². The number of carboxylic acids is 1. The number of nitrogens with zero attached hydrogens (tertiary/aromatic N) is 4. The number of thiophene rings is 1. The van der Waals surface area contributed by atoms with Crippen molar-refractivity contribution in [3.05, 3.63) is 76.7 Å². The van der Waals surface area contributed by atoms with Gasteiger partial charge in [0.05, 0.1) is 10.4 Å². The second-order valence-corrected chi connectivity index (χ2v) is 7.60. The van der Waals surface area contributed by atoms with Gasteiger partial charge in [-0.3, -0.25) is 15.4 Å². The molecule has 10 heteroatoms. The summed E-state index contributed by atoms with van der Waals surface area (Å²) in [5, 5.41) is 22.0. The van der Waals surface area contributed by atoms with E-state index in [1.165, 1.54) is 37.4 Å². The molecular weight excluding hydrogens is 424 g/mol. The minimum absolute atomic E-state index is 0.0610. The molecule has 0 fully saturated rings. The van der Waals surface area contributed by atoms with Gasteiger partial charge in [0.2, 0.25) is 0 Å². The number of carbonyl (C=O) groups is 1. The van der Waals surface area contributed by atoms with E-state index in [1.807, 2.05) is 0 Å². The molecule has 0 unspecified atom stereocenters. The second kappa shape index (κ2) is 7.80. The predicted molar refractivity (Wildman–Crippen MR) is 113 cm³/mol. The number of carboxylic acid groups (broad SMARTS) is 1. The minimum Gasteiger partial charge on any atom is -0.477 e. The standard InChI is InChI=1S/C21H15F2N5O2S/c1-25-18-9-6-15(16-7-8-17(31-16)19(29)30)27-28(18)20(24)21(22,23)13-4-5-14-12(11-13)3-2-10-26-14/h2-11,24H,1H3,(H,29,30)/b24-20?,25-18-. The average Bonchev–Trinajstić information content (AvgIpc) is 3.28. The average molecular weight is 439 g/mol. The van der Waals surface area contributed by atoms with E-state index in [0.717, 1.165) is 16.0 Å². The number of rotatable bonds is 4. The number of hydrogen-bond donors (Lipinski definition) is 2. The van der Waals surface area contributed by atoms with Crippen LogP contribution in [-0.4, -0.2) is 38.7 Å². The lowest BCUT2D eigenvalue weighted by Crippen LogP contribution is -2.39. The van der Waals surface area contributed by atoms with E-state index >= 15 is 8.78 Å². The summed E-state index contributed by atoms with van der Waals surface area (Å²) in [7, 11) is 1.41. The van der Waals surface area contributed by atoms with E-state index in [1.54, 1.807) is 30.5 Å². The van der Waals surface area contributed by atoms with Gasteiger partial charge in [-0.05, 0) is 42.5 Å². The maximum absolute atomic E-state index is 15.3. The first-order valence-electron chi connectivity index (χ1n) is 9.00. The van der Waals surface area contributed by atoms with Gasteiger partial charge in [-0.2, -0.15) is 18.6 Å². The molecule has 4 rings (SSSR count). The van der Waals surface area contributed by atoms with Crippen LogP contribution in [0.4, 0.5) is 8.78 Å². The van der Waals surface area contributed by atoms with E-state index in [-0.39, 0.29) is 21.6 Å². The van der Waals surface area contributed by atoms with Crippen molar-refractivity contribution < 1.29 is 18.7 Å². The Morgan fingerprint density at radius 2 is 2.00 bits per heavy atom. The largest absolute Gasteiger partial charge is 0.477 e. The summed E-state index contributed by atoms with van der Waals surface area (Å²) < 4.78 is 31.4. The zero-order valence-electron chi connectivity index (χ0n) is 16.1. The maximum Gasteiger partial charge on any atom is 0.345 e. The number of fused-ring (bicyclic) bond motifs is 1. The number of alkyl halides is 2. The molecule has 3 heterocycles. The van der Waals surface area contributed by atoms with Crippen LogP contribution in [0.5, 0.6) is 0 Å². The summed E-state index contributed by atoms with van der Waals surface area (Å²) in [5.74, 6) is -5.83. The Bertz CT molecular complexity index is 1390. The van der Waals surface area contributed by atoms with E-state index in [0.29, 0.717) is 15.8 Å². The van der Waals surface area contributed by atoms with Crippen LogP contribution < -0.4 is 5.49 Å². The van der Waals surface area contributed by atoms with Gasteiger partial charge in [0.15, 0.2) is 11.3 Å². The Morgan fingerprint density at radius 1 is 1.19 bits per heavy atom. The van der Waals surface area contributed by atoms with Crippen molar-refractivity contribution in [1.29, 1.82) is 5.41 Å². The fraction of sp³-hybridized carbons (Fsp3) is 0.0952. The summed E-state index contributed by atoms with van der Waals surface area (Å²) in [5.41, 5.74) is 0.514. The molecule has 156 valence electrons. The second-order valence-electron chi connectivity index (χ2n) is 6.52. The number of pyridine rings is 1. The summed E-state index contributed by atoms with van der Waals surface area (Å²) in [6.07, 6.45) is 1.57. The molecule has 31 heavy (non-hydrogen) atoms.